The van der Waals surface area contributed by atoms with Crippen molar-refractivity contribution in [1.82, 2.24) is 0 Å². The van der Waals surface area contributed by atoms with E-state index in [2.05, 4.69) is 6.92 Å². The number of carbonyl (C=O) groups is 1. The fourth-order valence-corrected chi connectivity index (χ4v) is 8.96. The van der Waals surface area contributed by atoms with Gasteiger partial charge in [-0.3, -0.25) is 4.79 Å². The zero-order chi connectivity index (χ0) is 27.6. The third-order valence-corrected chi connectivity index (χ3v) is 11.5. The van der Waals surface area contributed by atoms with Gasteiger partial charge in [0.25, 0.3) is 0 Å². The number of rotatable bonds is 8. The molecule has 7 heteroatoms. The lowest BCUT2D eigenvalue weighted by molar-refractivity contribution is -0.177. The van der Waals surface area contributed by atoms with Crippen LogP contribution in [-0.2, 0) is 4.79 Å². The molecule has 4 aliphatic rings. The maximum Gasteiger partial charge on any atom is 0.159 e. The fraction of sp³-hybridized carbons (Fsp3) is 0.900. The first-order valence-corrected chi connectivity index (χ1v) is 14.5. The van der Waals surface area contributed by atoms with Gasteiger partial charge in [0, 0.05) is 11.3 Å². The van der Waals surface area contributed by atoms with Crippen LogP contribution >= 0.6 is 0 Å². The van der Waals surface area contributed by atoms with E-state index in [1.165, 1.54) is 0 Å². The second kappa shape index (κ2) is 9.67. The van der Waals surface area contributed by atoms with Crippen molar-refractivity contribution in [2.75, 3.05) is 0 Å². The largest absolute Gasteiger partial charge is 0.390 e. The van der Waals surface area contributed by atoms with Gasteiger partial charge in [-0.25, -0.2) is 0 Å². The van der Waals surface area contributed by atoms with Crippen molar-refractivity contribution < 1.29 is 35.4 Å². The molecule has 0 bridgehead atoms. The van der Waals surface area contributed by atoms with Crippen molar-refractivity contribution in [3.8, 4) is 0 Å². The fourth-order valence-electron chi connectivity index (χ4n) is 8.96. The smallest absolute Gasteiger partial charge is 0.159 e. The Hall–Kier alpha value is -0.830. The van der Waals surface area contributed by atoms with Crippen molar-refractivity contribution in [3.05, 3.63) is 11.6 Å². The Morgan fingerprint density at radius 1 is 1.05 bits per heavy atom. The summed E-state index contributed by atoms with van der Waals surface area (Å²) in [6, 6.07) is 0. The van der Waals surface area contributed by atoms with Gasteiger partial charge < -0.3 is 30.6 Å². The van der Waals surface area contributed by atoms with Crippen LogP contribution in [0.2, 0.25) is 0 Å². The predicted molar refractivity (Wildman–Crippen MR) is 140 cm³/mol. The Balaban J connectivity index is 1.59. The number of ketones is 1. The molecule has 0 aromatic rings. The van der Waals surface area contributed by atoms with Crippen LogP contribution in [0.5, 0.6) is 0 Å². The zero-order valence-electron chi connectivity index (χ0n) is 23.4. The summed E-state index contributed by atoms with van der Waals surface area (Å²) in [4.78, 5) is 13.3. The van der Waals surface area contributed by atoms with Crippen LogP contribution in [0.4, 0.5) is 0 Å². The number of hydrogen-bond donors (Lipinski definition) is 6. The molecule has 11 atom stereocenters. The van der Waals surface area contributed by atoms with Crippen molar-refractivity contribution >= 4 is 5.78 Å². The van der Waals surface area contributed by atoms with Gasteiger partial charge in [0.05, 0.1) is 35.1 Å². The SMILES string of the molecule is CCCC[C@](C)(O)CC[C@@H](O)[C@](C)(O)[C@H]1CC[C@@]2(O)C3=CC(=O)[C@@H]4C[C@@H](O)[C@@H](O)C[C@]4(C)[C@H]3CC[C@]12C. The van der Waals surface area contributed by atoms with E-state index in [-0.39, 0.29) is 36.4 Å². The van der Waals surface area contributed by atoms with Crippen molar-refractivity contribution in [2.24, 2.45) is 28.6 Å². The average Bonchev–Trinajstić information content (AvgIpc) is 3.10. The average molecular weight is 523 g/mol. The highest BCUT2D eigenvalue weighted by Crippen LogP contribution is 2.68. The lowest BCUT2D eigenvalue weighted by Crippen LogP contribution is -2.62. The van der Waals surface area contributed by atoms with Crippen LogP contribution in [0, 0.1) is 28.6 Å². The van der Waals surface area contributed by atoms with Crippen LogP contribution < -0.4 is 0 Å². The molecule has 3 saturated carbocycles. The Bertz CT molecular complexity index is 912. The lowest BCUT2D eigenvalue weighted by atomic mass is 9.45. The second-order valence-electron chi connectivity index (χ2n) is 14.0. The third-order valence-electron chi connectivity index (χ3n) is 11.5. The molecule has 4 rings (SSSR count). The first-order chi connectivity index (χ1) is 17.0. The van der Waals surface area contributed by atoms with E-state index in [1.54, 1.807) is 19.9 Å². The summed E-state index contributed by atoms with van der Waals surface area (Å²) >= 11 is 0. The number of aliphatic hydroxyl groups is 6. The highest BCUT2D eigenvalue weighted by molar-refractivity contribution is 5.95. The van der Waals surface area contributed by atoms with Gasteiger partial charge in [-0.1, -0.05) is 33.6 Å². The Kier molecular flexibility index (Phi) is 7.62. The van der Waals surface area contributed by atoms with Crippen LogP contribution in [0.15, 0.2) is 11.6 Å². The molecule has 0 saturated heterocycles. The first-order valence-electron chi connectivity index (χ1n) is 14.5. The maximum absolute atomic E-state index is 13.3. The van der Waals surface area contributed by atoms with Gasteiger partial charge in [-0.05, 0) is 101 Å². The minimum atomic E-state index is -1.47. The highest BCUT2D eigenvalue weighted by atomic mass is 16.3. The quantitative estimate of drug-likeness (QED) is 0.288. The molecular weight excluding hydrogens is 472 g/mol. The summed E-state index contributed by atoms with van der Waals surface area (Å²) < 4.78 is 0. The molecule has 0 unspecified atom stereocenters. The van der Waals surface area contributed by atoms with Crippen molar-refractivity contribution in [2.45, 2.75) is 140 Å². The van der Waals surface area contributed by atoms with E-state index in [0.29, 0.717) is 50.5 Å². The standard InChI is InChI=1S/C30H50O7/c1-6-7-11-26(2,35)12-10-25(34)29(5,36)24-9-14-30(37)19-15-21(31)20-16-22(32)23(33)17-27(20,3)18(19)8-13-28(24,30)4/h15,18,20,22-25,32-37H,6-14,16-17H2,1-5H3/t18-,20-,22+,23-,24-,25+,26-,27+,28+,29+,30+/m0/s1. The summed E-state index contributed by atoms with van der Waals surface area (Å²) in [6.45, 7) is 9.51. The minimum Gasteiger partial charge on any atom is -0.390 e. The molecular formula is C30H50O7. The summed E-state index contributed by atoms with van der Waals surface area (Å²) in [5, 5.41) is 66.7. The highest BCUT2D eigenvalue weighted by Gasteiger charge is 2.69. The van der Waals surface area contributed by atoms with Crippen LogP contribution in [0.25, 0.3) is 0 Å². The van der Waals surface area contributed by atoms with Crippen molar-refractivity contribution in [3.63, 3.8) is 0 Å². The molecule has 0 amide bonds. The molecule has 4 aliphatic carbocycles. The molecule has 3 fully saturated rings. The zero-order valence-corrected chi connectivity index (χ0v) is 23.4. The number of aliphatic hydroxyl groups excluding tert-OH is 3. The number of allylic oxidation sites excluding steroid dienone is 1. The van der Waals surface area contributed by atoms with Gasteiger partial charge in [0.1, 0.15) is 0 Å². The van der Waals surface area contributed by atoms with Crippen LogP contribution in [0.1, 0.15) is 105 Å². The van der Waals surface area contributed by atoms with Gasteiger partial charge >= 0.3 is 0 Å². The molecule has 6 N–H and O–H groups in total. The van der Waals surface area contributed by atoms with Crippen LogP contribution in [0.3, 0.4) is 0 Å². The number of hydrogen-bond acceptors (Lipinski definition) is 7. The molecule has 0 heterocycles. The molecule has 0 spiro atoms. The minimum absolute atomic E-state index is 0.0855. The lowest BCUT2D eigenvalue weighted by Gasteiger charge is -2.60. The second-order valence-corrected chi connectivity index (χ2v) is 14.0. The molecule has 0 radical (unpaired) electrons. The van der Waals surface area contributed by atoms with Crippen molar-refractivity contribution in [1.29, 1.82) is 0 Å². The summed E-state index contributed by atoms with van der Waals surface area (Å²) in [5.74, 6) is -0.947. The molecule has 7 nitrogen and oxygen atoms in total. The molecule has 37 heavy (non-hydrogen) atoms. The van der Waals surface area contributed by atoms with Gasteiger partial charge in [0.2, 0.25) is 0 Å². The molecule has 0 aliphatic heterocycles. The Labute approximate surface area is 222 Å². The third kappa shape index (κ3) is 4.55. The van der Waals surface area contributed by atoms with Gasteiger partial charge in [0.15, 0.2) is 5.78 Å². The van der Waals surface area contributed by atoms with E-state index >= 15 is 0 Å². The van der Waals surface area contributed by atoms with Crippen LogP contribution in [-0.4, -0.2) is 71.5 Å². The summed E-state index contributed by atoms with van der Waals surface area (Å²) in [7, 11) is 0. The topological polar surface area (TPSA) is 138 Å². The monoisotopic (exact) mass is 522 g/mol. The van der Waals surface area contributed by atoms with E-state index in [9.17, 15) is 35.4 Å². The maximum atomic E-state index is 13.3. The predicted octanol–water partition coefficient (Wildman–Crippen LogP) is 3.02. The molecule has 0 aromatic carbocycles. The number of carbonyl (C=O) groups excluding carboxylic acids is 1. The number of unbranched alkanes of at least 4 members (excludes halogenated alkanes) is 1. The van der Waals surface area contributed by atoms with E-state index in [1.807, 2.05) is 13.8 Å². The number of fused-ring (bicyclic) bond motifs is 5. The van der Waals surface area contributed by atoms with Gasteiger partial charge in [-0.2, -0.15) is 0 Å². The normalized spacial score (nSPS) is 45.6. The Morgan fingerprint density at radius 2 is 1.73 bits per heavy atom. The van der Waals surface area contributed by atoms with E-state index < -0.39 is 45.9 Å². The van der Waals surface area contributed by atoms with E-state index in [0.717, 1.165) is 12.8 Å². The van der Waals surface area contributed by atoms with Gasteiger partial charge in [-0.15, -0.1) is 0 Å². The first kappa shape index (κ1) is 29.2. The summed E-state index contributed by atoms with van der Waals surface area (Å²) in [5.41, 5.74) is -4.22. The molecule has 212 valence electrons. The van der Waals surface area contributed by atoms with E-state index in [4.69, 9.17) is 0 Å². The summed E-state index contributed by atoms with van der Waals surface area (Å²) in [6.07, 6.45) is 4.73. The Morgan fingerprint density at radius 3 is 2.38 bits per heavy atom. The molecule has 0 aromatic heterocycles.